The van der Waals surface area contributed by atoms with E-state index in [9.17, 15) is 0 Å². The van der Waals surface area contributed by atoms with Gasteiger partial charge < -0.3 is 13.9 Å². The van der Waals surface area contributed by atoms with E-state index in [1.54, 1.807) is 0 Å². The van der Waals surface area contributed by atoms with Crippen molar-refractivity contribution in [1.29, 1.82) is 0 Å². The van der Waals surface area contributed by atoms with Gasteiger partial charge in [-0.1, -0.05) is 164 Å². The lowest BCUT2D eigenvalue weighted by Gasteiger charge is -2.34. The van der Waals surface area contributed by atoms with E-state index in [1.807, 2.05) is 12.1 Å². The Labute approximate surface area is 371 Å². The Morgan fingerprint density at radius 2 is 0.859 bits per heavy atom. The van der Waals surface area contributed by atoms with Crippen LogP contribution in [-0.2, 0) is 5.41 Å². The average molecular weight is 817 g/mol. The number of para-hydroxylation sites is 3. The van der Waals surface area contributed by atoms with Gasteiger partial charge in [0.15, 0.2) is 0 Å². The second kappa shape index (κ2) is 14.3. The van der Waals surface area contributed by atoms with Gasteiger partial charge in [-0.3, -0.25) is 0 Å². The lowest BCUT2D eigenvalue weighted by atomic mass is 9.68. The Kier molecular flexibility index (Phi) is 8.13. The van der Waals surface area contributed by atoms with E-state index < -0.39 is 5.41 Å². The number of nitrogens with zero attached hydrogens (tertiary/aromatic N) is 2. The van der Waals surface area contributed by atoms with Crippen molar-refractivity contribution in [3.05, 3.63) is 265 Å². The highest BCUT2D eigenvalue weighted by molar-refractivity contribution is 6.09. The van der Waals surface area contributed by atoms with E-state index in [0.717, 1.165) is 55.8 Å². The first-order valence-corrected chi connectivity index (χ1v) is 22.0. The fourth-order valence-corrected chi connectivity index (χ4v) is 10.7. The van der Waals surface area contributed by atoms with Crippen molar-refractivity contribution in [1.82, 2.24) is 4.57 Å². The van der Waals surface area contributed by atoms with Crippen molar-refractivity contribution in [2.24, 2.45) is 0 Å². The van der Waals surface area contributed by atoms with Crippen LogP contribution in [0.25, 0.3) is 71.7 Å². The quantitative estimate of drug-likeness (QED) is 0.160. The van der Waals surface area contributed by atoms with Gasteiger partial charge in [0.25, 0.3) is 0 Å². The highest BCUT2D eigenvalue weighted by atomic mass is 16.3. The molecule has 2 aromatic heterocycles. The van der Waals surface area contributed by atoms with Gasteiger partial charge in [-0.15, -0.1) is 0 Å². The van der Waals surface area contributed by atoms with Gasteiger partial charge in [0.1, 0.15) is 11.2 Å². The van der Waals surface area contributed by atoms with Gasteiger partial charge in [0.2, 0.25) is 0 Å². The summed E-state index contributed by atoms with van der Waals surface area (Å²) in [5.41, 5.74) is 18.0. The van der Waals surface area contributed by atoms with Crippen LogP contribution in [0.15, 0.2) is 247 Å². The Morgan fingerprint density at radius 3 is 1.55 bits per heavy atom. The maximum atomic E-state index is 6.17. The van der Waals surface area contributed by atoms with Crippen LogP contribution < -0.4 is 4.90 Å². The molecule has 13 rings (SSSR count). The molecule has 12 aromatic rings. The molecular formula is C61H40N2O. The van der Waals surface area contributed by atoms with Crippen LogP contribution in [0.4, 0.5) is 17.1 Å². The van der Waals surface area contributed by atoms with E-state index in [1.165, 1.54) is 55.2 Å². The second-order valence-electron chi connectivity index (χ2n) is 16.8. The Balaban J connectivity index is 0.980. The highest BCUT2D eigenvalue weighted by Gasteiger charge is 2.46. The molecule has 0 N–H and O–H groups in total. The summed E-state index contributed by atoms with van der Waals surface area (Å²) in [6.45, 7) is 0. The summed E-state index contributed by atoms with van der Waals surface area (Å²) in [5, 5.41) is 4.77. The van der Waals surface area contributed by atoms with Crippen molar-refractivity contribution in [3.63, 3.8) is 0 Å². The third-order valence-corrected chi connectivity index (χ3v) is 13.5. The number of anilines is 3. The van der Waals surface area contributed by atoms with Gasteiger partial charge in [-0.25, -0.2) is 0 Å². The molecule has 0 aliphatic heterocycles. The molecule has 2 heterocycles. The first-order chi connectivity index (χ1) is 31.7. The Morgan fingerprint density at radius 1 is 0.344 bits per heavy atom. The molecule has 0 saturated heterocycles. The van der Waals surface area contributed by atoms with E-state index in [2.05, 4.69) is 240 Å². The highest BCUT2D eigenvalue weighted by Crippen LogP contribution is 2.57. The number of hydrogen-bond acceptors (Lipinski definition) is 2. The zero-order valence-electron chi connectivity index (χ0n) is 34.9. The van der Waals surface area contributed by atoms with Gasteiger partial charge >= 0.3 is 0 Å². The lowest BCUT2D eigenvalue weighted by molar-refractivity contribution is 0.669. The van der Waals surface area contributed by atoms with Crippen molar-refractivity contribution < 1.29 is 4.42 Å². The fourth-order valence-electron chi connectivity index (χ4n) is 10.7. The fraction of sp³-hybridized carbons (Fsp3) is 0.0164. The molecule has 0 bridgehead atoms. The molecule has 1 aliphatic carbocycles. The van der Waals surface area contributed by atoms with Crippen molar-refractivity contribution in [2.75, 3.05) is 4.90 Å². The van der Waals surface area contributed by atoms with Crippen LogP contribution in [0.2, 0.25) is 0 Å². The Hall–Kier alpha value is -8.40. The number of rotatable bonds is 7. The van der Waals surface area contributed by atoms with E-state index in [4.69, 9.17) is 4.42 Å². The van der Waals surface area contributed by atoms with Crippen LogP contribution >= 0.6 is 0 Å². The second-order valence-corrected chi connectivity index (χ2v) is 16.8. The number of hydrogen-bond donors (Lipinski definition) is 0. The minimum atomic E-state index is -0.467. The van der Waals surface area contributed by atoms with Crippen molar-refractivity contribution in [3.8, 4) is 27.9 Å². The summed E-state index contributed by atoms with van der Waals surface area (Å²) in [7, 11) is 0. The summed E-state index contributed by atoms with van der Waals surface area (Å²) in [6.07, 6.45) is 0. The van der Waals surface area contributed by atoms with Crippen LogP contribution in [0.1, 0.15) is 22.3 Å². The zero-order chi connectivity index (χ0) is 42.2. The molecule has 0 atom stereocenters. The lowest BCUT2D eigenvalue weighted by Crippen LogP contribution is -2.28. The third-order valence-electron chi connectivity index (χ3n) is 13.5. The van der Waals surface area contributed by atoms with Crippen LogP contribution in [0.5, 0.6) is 0 Å². The number of benzene rings is 10. The molecule has 0 radical (unpaired) electrons. The van der Waals surface area contributed by atoms with E-state index in [-0.39, 0.29) is 0 Å². The minimum Gasteiger partial charge on any atom is -0.456 e. The summed E-state index contributed by atoms with van der Waals surface area (Å²) < 4.78 is 8.56. The number of fused-ring (bicyclic) bond motifs is 9. The molecule has 300 valence electrons. The predicted octanol–water partition coefficient (Wildman–Crippen LogP) is 16.2. The normalized spacial score (nSPS) is 12.8. The van der Waals surface area contributed by atoms with Gasteiger partial charge in [-0.2, -0.15) is 0 Å². The number of furan rings is 1. The molecule has 0 unspecified atom stereocenters. The molecule has 64 heavy (non-hydrogen) atoms. The third kappa shape index (κ3) is 5.41. The SMILES string of the molecule is c1ccc(C2(c3ccccc3)c3ccccc3-c3cc(N(c4ccc(-c5ccc6oc7ccccc7c6c5)cc4)c4ccc(-n5c6ccccc6c6ccccc65)cc4)ccc32)cc1. The molecule has 1 aliphatic rings. The standard InChI is InChI=1S/C61H40N2O/c1-3-15-43(16-4-1)61(44-17-5-2-6-18-44)55-23-11-7-19-49(55)53-40-48(36-37-56(53)61)62(45-30-27-41(28-31-45)42-29-38-60-54(39-42)52-22-10-14-26-59(52)64-60)46-32-34-47(35-33-46)63-57-24-12-8-20-50(57)51-21-9-13-25-58(51)63/h1-40H. The smallest absolute Gasteiger partial charge is 0.135 e. The molecular weight excluding hydrogens is 777 g/mol. The molecule has 0 spiro atoms. The summed E-state index contributed by atoms with van der Waals surface area (Å²) in [4.78, 5) is 2.40. The molecule has 0 fully saturated rings. The minimum absolute atomic E-state index is 0.467. The van der Waals surface area contributed by atoms with Gasteiger partial charge in [0, 0.05) is 44.3 Å². The van der Waals surface area contributed by atoms with Crippen molar-refractivity contribution >= 4 is 60.8 Å². The average Bonchev–Trinajstić information content (AvgIpc) is 4.01. The van der Waals surface area contributed by atoms with Gasteiger partial charge in [0.05, 0.1) is 16.4 Å². The van der Waals surface area contributed by atoms with Crippen LogP contribution in [0, 0.1) is 0 Å². The molecule has 0 amide bonds. The predicted molar refractivity (Wildman–Crippen MR) is 265 cm³/mol. The first kappa shape index (κ1) is 36.3. The topological polar surface area (TPSA) is 21.3 Å². The van der Waals surface area contributed by atoms with Crippen LogP contribution in [-0.4, -0.2) is 4.57 Å². The van der Waals surface area contributed by atoms with Crippen LogP contribution in [0.3, 0.4) is 0 Å². The maximum absolute atomic E-state index is 6.17. The Bertz CT molecular complexity index is 3620. The molecule has 3 nitrogen and oxygen atoms in total. The molecule has 3 heteroatoms. The van der Waals surface area contributed by atoms with Gasteiger partial charge in [-0.05, 0) is 123 Å². The van der Waals surface area contributed by atoms with E-state index >= 15 is 0 Å². The summed E-state index contributed by atoms with van der Waals surface area (Å²) in [6, 6.07) is 88.4. The maximum Gasteiger partial charge on any atom is 0.135 e. The monoisotopic (exact) mass is 816 g/mol. The largest absolute Gasteiger partial charge is 0.456 e. The molecule has 10 aromatic carbocycles. The summed E-state index contributed by atoms with van der Waals surface area (Å²) in [5.74, 6) is 0. The van der Waals surface area contributed by atoms with Crippen molar-refractivity contribution in [2.45, 2.75) is 5.41 Å². The zero-order valence-corrected chi connectivity index (χ0v) is 34.9. The summed E-state index contributed by atoms with van der Waals surface area (Å²) >= 11 is 0. The molecule has 0 saturated carbocycles. The number of aromatic nitrogens is 1. The first-order valence-electron chi connectivity index (χ1n) is 22.0. The van der Waals surface area contributed by atoms with E-state index in [0.29, 0.717) is 0 Å².